The van der Waals surface area contributed by atoms with E-state index in [1.807, 2.05) is 13.8 Å². The van der Waals surface area contributed by atoms with Crippen molar-refractivity contribution >= 4 is 5.91 Å². The van der Waals surface area contributed by atoms with Crippen LogP contribution in [0.1, 0.15) is 29.8 Å². The third-order valence-corrected chi connectivity index (χ3v) is 3.31. The summed E-state index contributed by atoms with van der Waals surface area (Å²) in [7, 11) is 0. The van der Waals surface area contributed by atoms with Gasteiger partial charge in [0.25, 0.3) is 5.91 Å². The average molecular weight is 287 g/mol. The third kappa shape index (κ3) is 3.12. The predicted molar refractivity (Wildman–Crippen MR) is 67.4 cm³/mol. The summed E-state index contributed by atoms with van der Waals surface area (Å²) >= 11 is 0. The standard InChI is InChI=1S/C14H16F3NO2/c1-9-8-20-10(2)7-18(9)13(19)11-4-3-5-12(6-11)14(15,16)17/h3-6,9-10H,7-8H2,1-2H3. The molecule has 6 heteroatoms. The van der Waals surface area contributed by atoms with Gasteiger partial charge in [-0.05, 0) is 32.0 Å². The summed E-state index contributed by atoms with van der Waals surface area (Å²) in [4.78, 5) is 13.9. The monoisotopic (exact) mass is 287 g/mol. The Labute approximate surface area is 115 Å². The van der Waals surface area contributed by atoms with Crippen molar-refractivity contribution in [3.8, 4) is 0 Å². The summed E-state index contributed by atoms with van der Waals surface area (Å²) in [5, 5.41) is 0. The number of alkyl halides is 3. The van der Waals surface area contributed by atoms with Crippen molar-refractivity contribution in [2.75, 3.05) is 13.2 Å². The van der Waals surface area contributed by atoms with Gasteiger partial charge in [0.2, 0.25) is 0 Å². The zero-order chi connectivity index (χ0) is 14.9. The number of hydrogen-bond acceptors (Lipinski definition) is 2. The van der Waals surface area contributed by atoms with Gasteiger partial charge in [-0.15, -0.1) is 0 Å². The summed E-state index contributed by atoms with van der Waals surface area (Å²) < 4.78 is 43.4. The Balaban J connectivity index is 2.24. The molecule has 0 radical (unpaired) electrons. The lowest BCUT2D eigenvalue weighted by atomic mass is 10.1. The zero-order valence-corrected chi connectivity index (χ0v) is 11.3. The van der Waals surface area contributed by atoms with E-state index in [4.69, 9.17) is 4.74 Å². The molecule has 2 rings (SSSR count). The number of ether oxygens (including phenoxy) is 1. The maximum Gasteiger partial charge on any atom is 0.416 e. The number of halogens is 3. The second kappa shape index (κ2) is 5.44. The van der Waals surface area contributed by atoms with Crippen molar-refractivity contribution in [1.82, 2.24) is 4.90 Å². The number of morpholine rings is 1. The van der Waals surface area contributed by atoms with Crippen molar-refractivity contribution in [2.45, 2.75) is 32.2 Å². The third-order valence-electron chi connectivity index (χ3n) is 3.31. The average Bonchev–Trinajstić information content (AvgIpc) is 2.40. The Morgan fingerprint density at radius 2 is 2.05 bits per heavy atom. The van der Waals surface area contributed by atoms with E-state index < -0.39 is 17.6 Å². The Kier molecular flexibility index (Phi) is 4.04. The highest BCUT2D eigenvalue weighted by Crippen LogP contribution is 2.30. The van der Waals surface area contributed by atoms with Crippen molar-refractivity contribution in [3.05, 3.63) is 35.4 Å². The fourth-order valence-corrected chi connectivity index (χ4v) is 2.18. The van der Waals surface area contributed by atoms with E-state index in [-0.39, 0.29) is 17.7 Å². The molecule has 0 aliphatic carbocycles. The highest BCUT2D eigenvalue weighted by atomic mass is 19.4. The maximum absolute atomic E-state index is 12.7. The first-order chi connectivity index (χ1) is 9.29. The molecule has 1 aromatic carbocycles. The van der Waals surface area contributed by atoms with E-state index in [1.54, 1.807) is 4.90 Å². The number of carbonyl (C=O) groups is 1. The predicted octanol–water partition coefficient (Wildman–Crippen LogP) is 2.95. The first kappa shape index (κ1) is 14.8. The number of carbonyl (C=O) groups excluding carboxylic acids is 1. The molecule has 1 amide bonds. The fourth-order valence-electron chi connectivity index (χ4n) is 2.18. The maximum atomic E-state index is 12.7. The minimum atomic E-state index is -4.44. The van der Waals surface area contributed by atoms with Crippen LogP contribution in [0.3, 0.4) is 0 Å². The van der Waals surface area contributed by atoms with E-state index in [9.17, 15) is 18.0 Å². The second-order valence-electron chi connectivity index (χ2n) is 5.03. The van der Waals surface area contributed by atoms with Crippen LogP contribution in [0.2, 0.25) is 0 Å². The molecule has 110 valence electrons. The quantitative estimate of drug-likeness (QED) is 0.794. The lowest BCUT2D eigenvalue weighted by Gasteiger charge is -2.36. The van der Waals surface area contributed by atoms with Crippen LogP contribution in [0.5, 0.6) is 0 Å². The Bertz CT molecular complexity index is 501. The molecule has 0 N–H and O–H groups in total. The van der Waals surface area contributed by atoms with E-state index in [0.29, 0.717) is 13.2 Å². The molecule has 0 bridgehead atoms. The minimum absolute atomic E-state index is 0.0563. The summed E-state index contributed by atoms with van der Waals surface area (Å²) in [6, 6.07) is 4.38. The first-order valence-electron chi connectivity index (χ1n) is 6.39. The minimum Gasteiger partial charge on any atom is -0.375 e. The van der Waals surface area contributed by atoms with Crippen LogP contribution in [0.15, 0.2) is 24.3 Å². The summed E-state index contributed by atoms with van der Waals surface area (Å²) in [6.07, 6.45) is -4.55. The SMILES string of the molecule is CC1CN(C(=O)c2cccc(C(F)(F)F)c2)C(C)CO1. The molecule has 1 aromatic rings. The summed E-state index contributed by atoms with van der Waals surface area (Å²) in [5.41, 5.74) is -0.752. The van der Waals surface area contributed by atoms with E-state index in [0.717, 1.165) is 12.1 Å². The highest BCUT2D eigenvalue weighted by Gasteiger charge is 2.33. The van der Waals surface area contributed by atoms with E-state index in [2.05, 4.69) is 0 Å². The molecule has 1 fully saturated rings. The number of rotatable bonds is 1. The topological polar surface area (TPSA) is 29.5 Å². The van der Waals surface area contributed by atoms with E-state index >= 15 is 0 Å². The molecule has 3 nitrogen and oxygen atoms in total. The Morgan fingerprint density at radius 1 is 1.35 bits per heavy atom. The zero-order valence-electron chi connectivity index (χ0n) is 11.3. The Morgan fingerprint density at radius 3 is 2.70 bits per heavy atom. The largest absolute Gasteiger partial charge is 0.416 e. The molecular formula is C14H16F3NO2. The van der Waals surface area contributed by atoms with Crippen LogP contribution in [0.4, 0.5) is 13.2 Å². The normalized spacial score (nSPS) is 23.8. The van der Waals surface area contributed by atoms with Gasteiger partial charge in [0, 0.05) is 12.1 Å². The number of nitrogens with zero attached hydrogens (tertiary/aromatic N) is 1. The molecule has 0 saturated carbocycles. The molecule has 20 heavy (non-hydrogen) atoms. The summed E-state index contributed by atoms with van der Waals surface area (Å²) in [6.45, 7) is 4.43. The van der Waals surface area contributed by atoms with Crippen molar-refractivity contribution in [2.24, 2.45) is 0 Å². The van der Waals surface area contributed by atoms with Gasteiger partial charge >= 0.3 is 6.18 Å². The van der Waals surface area contributed by atoms with Gasteiger partial charge < -0.3 is 9.64 Å². The fraction of sp³-hybridized carbons (Fsp3) is 0.500. The number of benzene rings is 1. The number of amides is 1. The highest BCUT2D eigenvalue weighted by molar-refractivity contribution is 5.94. The Hall–Kier alpha value is -1.56. The summed E-state index contributed by atoms with van der Waals surface area (Å²) in [5.74, 6) is -0.390. The lowest BCUT2D eigenvalue weighted by Crippen LogP contribution is -2.50. The smallest absolute Gasteiger partial charge is 0.375 e. The number of hydrogen-bond donors (Lipinski definition) is 0. The molecule has 0 spiro atoms. The molecule has 1 saturated heterocycles. The molecule has 1 aliphatic rings. The van der Waals surface area contributed by atoms with Gasteiger partial charge in [0.15, 0.2) is 0 Å². The lowest BCUT2D eigenvalue weighted by molar-refractivity contribution is -0.137. The van der Waals surface area contributed by atoms with Gasteiger partial charge in [-0.3, -0.25) is 4.79 Å². The molecule has 2 unspecified atom stereocenters. The van der Waals surface area contributed by atoms with Gasteiger partial charge in [0.1, 0.15) is 0 Å². The van der Waals surface area contributed by atoms with Gasteiger partial charge in [-0.2, -0.15) is 13.2 Å². The van der Waals surface area contributed by atoms with E-state index in [1.165, 1.54) is 12.1 Å². The molecule has 0 aromatic heterocycles. The first-order valence-corrected chi connectivity index (χ1v) is 6.39. The van der Waals surface area contributed by atoms with Crippen LogP contribution >= 0.6 is 0 Å². The van der Waals surface area contributed by atoms with Crippen LogP contribution in [0.25, 0.3) is 0 Å². The van der Waals surface area contributed by atoms with Crippen molar-refractivity contribution in [3.63, 3.8) is 0 Å². The molecule has 1 aliphatic heterocycles. The van der Waals surface area contributed by atoms with Crippen LogP contribution in [-0.4, -0.2) is 36.1 Å². The van der Waals surface area contributed by atoms with Crippen LogP contribution in [-0.2, 0) is 10.9 Å². The van der Waals surface area contributed by atoms with Crippen molar-refractivity contribution in [1.29, 1.82) is 0 Å². The van der Waals surface area contributed by atoms with Crippen LogP contribution < -0.4 is 0 Å². The van der Waals surface area contributed by atoms with Gasteiger partial charge in [0.05, 0.1) is 24.3 Å². The molecule has 2 atom stereocenters. The second-order valence-corrected chi connectivity index (χ2v) is 5.03. The molecular weight excluding hydrogens is 271 g/mol. The van der Waals surface area contributed by atoms with Gasteiger partial charge in [-0.25, -0.2) is 0 Å². The van der Waals surface area contributed by atoms with Gasteiger partial charge in [-0.1, -0.05) is 6.07 Å². The van der Waals surface area contributed by atoms with Crippen molar-refractivity contribution < 1.29 is 22.7 Å². The van der Waals surface area contributed by atoms with Crippen LogP contribution in [0, 0.1) is 0 Å². The molecule has 1 heterocycles.